The Morgan fingerprint density at radius 1 is 1.12 bits per heavy atom. The van der Waals surface area contributed by atoms with E-state index in [2.05, 4.69) is 20.6 Å². The third-order valence-corrected chi connectivity index (χ3v) is 7.44. The molecular formula is C29H25FN6O4S. The van der Waals surface area contributed by atoms with Gasteiger partial charge in [0, 0.05) is 21.8 Å². The van der Waals surface area contributed by atoms with E-state index in [0.717, 1.165) is 0 Å². The van der Waals surface area contributed by atoms with Crippen LogP contribution in [0.25, 0.3) is 22.2 Å². The number of H-pyrrole nitrogens is 1. The van der Waals surface area contributed by atoms with E-state index in [9.17, 15) is 23.6 Å². The van der Waals surface area contributed by atoms with Crippen molar-refractivity contribution in [3.05, 3.63) is 104 Å². The molecule has 0 saturated carbocycles. The maximum Gasteiger partial charge on any atom is 0.275 e. The van der Waals surface area contributed by atoms with Crippen LogP contribution in [0.2, 0.25) is 0 Å². The summed E-state index contributed by atoms with van der Waals surface area (Å²) in [6, 6.07) is 14.9. The second kappa shape index (κ2) is 11.3. The van der Waals surface area contributed by atoms with Crippen LogP contribution in [0.3, 0.4) is 0 Å². The number of likely N-dealkylation sites (N-methyl/N-ethyl adjacent to an activating group) is 1. The first-order valence-corrected chi connectivity index (χ1v) is 13.4. The van der Waals surface area contributed by atoms with Gasteiger partial charge in [0.25, 0.3) is 5.56 Å². The van der Waals surface area contributed by atoms with Crippen LogP contribution in [-0.4, -0.2) is 45.2 Å². The van der Waals surface area contributed by atoms with Gasteiger partial charge in [-0.2, -0.15) is 0 Å². The highest BCUT2D eigenvalue weighted by Gasteiger charge is 2.20. The molecule has 5 N–H and O–H groups in total. The van der Waals surface area contributed by atoms with Gasteiger partial charge in [0.05, 0.1) is 24.0 Å². The molecule has 1 atom stereocenters. The number of pyridine rings is 1. The molecule has 10 nitrogen and oxygen atoms in total. The summed E-state index contributed by atoms with van der Waals surface area (Å²) in [4.78, 5) is 58.5. The van der Waals surface area contributed by atoms with Crippen LogP contribution in [-0.2, 0) is 11.3 Å². The quantitative estimate of drug-likeness (QED) is 0.198. The number of anilines is 1. The monoisotopic (exact) mass is 572 g/mol. The third-order valence-electron chi connectivity index (χ3n) is 6.61. The third kappa shape index (κ3) is 5.69. The molecule has 0 aliphatic rings. The van der Waals surface area contributed by atoms with E-state index in [1.54, 1.807) is 61.8 Å². The van der Waals surface area contributed by atoms with E-state index in [-0.39, 0.29) is 40.9 Å². The minimum atomic E-state index is -0.617. The Kier molecular flexibility index (Phi) is 7.60. The number of thiazole rings is 1. The number of fused-ring (bicyclic) bond motifs is 1. The predicted octanol–water partition coefficient (Wildman–Crippen LogP) is 3.52. The molecule has 41 heavy (non-hydrogen) atoms. The normalized spacial score (nSPS) is 11.9. The molecule has 2 amide bonds. The van der Waals surface area contributed by atoms with Crippen LogP contribution in [0.1, 0.15) is 38.5 Å². The van der Waals surface area contributed by atoms with Crippen LogP contribution in [0.15, 0.2) is 70.8 Å². The average molecular weight is 573 g/mol. The number of hydrogen-bond acceptors (Lipinski definition) is 7. The van der Waals surface area contributed by atoms with Crippen LogP contribution in [0.4, 0.5) is 10.1 Å². The van der Waals surface area contributed by atoms with Gasteiger partial charge in [0.1, 0.15) is 22.2 Å². The van der Waals surface area contributed by atoms with Crippen LogP contribution in [0.5, 0.6) is 0 Å². The van der Waals surface area contributed by atoms with Gasteiger partial charge in [0.2, 0.25) is 17.6 Å². The van der Waals surface area contributed by atoms with Gasteiger partial charge in [-0.25, -0.2) is 9.37 Å². The number of benzene rings is 2. The van der Waals surface area contributed by atoms with Gasteiger partial charge in [-0.15, -0.1) is 11.3 Å². The molecule has 0 spiro atoms. The number of carbonyl (C=O) groups is 3. The van der Waals surface area contributed by atoms with Gasteiger partial charge < -0.3 is 21.4 Å². The zero-order valence-corrected chi connectivity index (χ0v) is 22.8. The number of nitrogens with one attached hydrogen (secondary N) is 3. The molecule has 5 aromatic rings. The lowest BCUT2D eigenvalue weighted by Gasteiger charge is -2.16. The highest BCUT2D eigenvalue weighted by atomic mass is 32.1. The lowest BCUT2D eigenvalue weighted by molar-refractivity contribution is -0.117. The zero-order valence-electron chi connectivity index (χ0n) is 22.0. The fraction of sp³-hybridized carbons (Fsp3) is 0.138. The molecule has 3 heterocycles. The van der Waals surface area contributed by atoms with Crippen molar-refractivity contribution in [3.63, 3.8) is 0 Å². The summed E-state index contributed by atoms with van der Waals surface area (Å²) >= 11 is 1.19. The molecule has 0 saturated heterocycles. The highest BCUT2D eigenvalue weighted by Crippen LogP contribution is 2.24. The number of aromatic amines is 1. The van der Waals surface area contributed by atoms with Crippen molar-refractivity contribution < 1.29 is 18.8 Å². The highest BCUT2D eigenvalue weighted by molar-refractivity contribution is 7.09. The maximum atomic E-state index is 13.6. The summed E-state index contributed by atoms with van der Waals surface area (Å²) in [5, 5.41) is 8.07. The van der Waals surface area contributed by atoms with Crippen LogP contribution >= 0.6 is 11.3 Å². The minimum absolute atomic E-state index is 0.0177. The second-order valence-electron chi connectivity index (χ2n) is 9.34. The predicted molar refractivity (Wildman–Crippen MR) is 155 cm³/mol. The molecule has 2 aromatic carbocycles. The Balaban J connectivity index is 1.51. The minimum Gasteiger partial charge on any atom is -0.366 e. The number of nitrogens with two attached hydrogens (primary N) is 1. The van der Waals surface area contributed by atoms with Crippen LogP contribution < -0.4 is 21.9 Å². The maximum absolute atomic E-state index is 13.6. The zero-order chi connectivity index (χ0) is 29.3. The Labute approximate surface area is 237 Å². The molecule has 0 aliphatic carbocycles. The fourth-order valence-corrected chi connectivity index (χ4v) is 5.04. The topological polar surface area (TPSA) is 152 Å². The van der Waals surface area contributed by atoms with E-state index in [1.807, 2.05) is 0 Å². The van der Waals surface area contributed by atoms with Crippen molar-refractivity contribution in [2.24, 2.45) is 5.73 Å². The van der Waals surface area contributed by atoms with Crippen LogP contribution in [0, 0.1) is 5.82 Å². The van der Waals surface area contributed by atoms with E-state index in [1.165, 1.54) is 34.1 Å². The molecule has 0 radical (unpaired) electrons. The van der Waals surface area contributed by atoms with E-state index in [4.69, 9.17) is 5.73 Å². The van der Waals surface area contributed by atoms with Crippen molar-refractivity contribution in [2.75, 3.05) is 12.4 Å². The molecular weight excluding hydrogens is 547 g/mol. The lowest BCUT2D eigenvalue weighted by Crippen LogP contribution is -2.37. The number of ketones is 1. The van der Waals surface area contributed by atoms with Crippen molar-refractivity contribution in [1.29, 1.82) is 0 Å². The molecule has 0 aliphatic heterocycles. The molecule has 0 bridgehead atoms. The smallest absolute Gasteiger partial charge is 0.275 e. The van der Waals surface area contributed by atoms with Crippen molar-refractivity contribution in [3.8, 4) is 11.3 Å². The van der Waals surface area contributed by atoms with E-state index < -0.39 is 23.3 Å². The number of aromatic nitrogens is 3. The SMILES string of the molecule is CN[C@H](C)C(=O)Nc1ccc(-c2cccc(C(N)=O)c2)n(Cc2nc(C(=O)c3cc4cc(F)ccc4[nH]3)cs2)c1=O. The Bertz CT molecular complexity index is 1870. The summed E-state index contributed by atoms with van der Waals surface area (Å²) in [7, 11) is 1.63. The Morgan fingerprint density at radius 3 is 2.68 bits per heavy atom. The van der Waals surface area contributed by atoms with Gasteiger partial charge in [-0.3, -0.25) is 23.7 Å². The summed E-state index contributed by atoms with van der Waals surface area (Å²) in [5.74, 6) is -1.80. The van der Waals surface area contributed by atoms with E-state index >= 15 is 0 Å². The van der Waals surface area contributed by atoms with Gasteiger partial charge >= 0.3 is 0 Å². The Morgan fingerprint density at radius 2 is 1.93 bits per heavy atom. The fourth-order valence-electron chi connectivity index (χ4n) is 4.27. The summed E-state index contributed by atoms with van der Waals surface area (Å²) in [6.07, 6.45) is 0. The first-order valence-electron chi connectivity index (χ1n) is 12.5. The number of primary amides is 1. The standard InChI is InChI=1S/C29H25FN6O4S/c1-15(32-2)28(39)35-21-8-9-24(16-4-3-5-17(10-16)27(31)38)36(29(21)40)13-25-34-23(14-41-25)26(37)22-12-18-11-19(30)6-7-20(18)33-22/h3-12,14-15,32-33H,13H2,1-2H3,(H2,31,38)(H,35,39)/t15-/m1/s1. The average Bonchev–Trinajstić information content (AvgIpc) is 3.61. The van der Waals surface area contributed by atoms with E-state index in [0.29, 0.717) is 27.2 Å². The number of amides is 2. The summed E-state index contributed by atoms with van der Waals surface area (Å²) in [5.41, 5.74) is 7.34. The summed E-state index contributed by atoms with van der Waals surface area (Å²) < 4.78 is 15.0. The van der Waals surface area contributed by atoms with Crippen molar-refractivity contribution in [2.45, 2.75) is 19.5 Å². The van der Waals surface area contributed by atoms with Crippen molar-refractivity contribution >= 4 is 45.5 Å². The van der Waals surface area contributed by atoms with Gasteiger partial charge in [0.15, 0.2) is 0 Å². The summed E-state index contributed by atoms with van der Waals surface area (Å²) in [6.45, 7) is 1.64. The number of rotatable bonds is 9. The van der Waals surface area contributed by atoms with Crippen molar-refractivity contribution in [1.82, 2.24) is 19.9 Å². The van der Waals surface area contributed by atoms with Gasteiger partial charge in [-0.1, -0.05) is 12.1 Å². The first-order chi connectivity index (χ1) is 19.6. The number of carbonyl (C=O) groups excluding carboxylic acids is 3. The molecule has 3 aromatic heterocycles. The first kappa shape index (κ1) is 27.6. The second-order valence-corrected chi connectivity index (χ2v) is 10.3. The lowest BCUT2D eigenvalue weighted by atomic mass is 10.1. The Hall–Kier alpha value is -4.94. The molecule has 0 unspecified atom stereocenters. The number of hydrogen-bond donors (Lipinski definition) is 4. The molecule has 5 rings (SSSR count). The van der Waals surface area contributed by atoms with Gasteiger partial charge in [-0.05, 0) is 68.1 Å². The molecule has 12 heteroatoms. The number of nitrogens with zero attached hydrogens (tertiary/aromatic N) is 2. The largest absolute Gasteiger partial charge is 0.366 e. The molecule has 208 valence electrons. The molecule has 0 fully saturated rings. The number of halogens is 1.